The topological polar surface area (TPSA) is 61.4 Å². The lowest BCUT2D eigenvalue weighted by Crippen LogP contribution is -2.34. The minimum absolute atomic E-state index is 0.265. The van der Waals surface area contributed by atoms with Crippen molar-refractivity contribution in [3.05, 3.63) is 35.4 Å². The molecule has 1 amide bonds. The van der Waals surface area contributed by atoms with Crippen molar-refractivity contribution in [2.75, 3.05) is 19.6 Å². The fourth-order valence-corrected chi connectivity index (χ4v) is 1.35. The van der Waals surface area contributed by atoms with Crippen LogP contribution >= 0.6 is 0 Å². The summed E-state index contributed by atoms with van der Waals surface area (Å²) in [5, 5.41) is 14.3. The maximum atomic E-state index is 13.2. The minimum atomic E-state index is -1.15. The van der Waals surface area contributed by atoms with Crippen molar-refractivity contribution in [3.63, 3.8) is 0 Å². The maximum absolute atomic E-state index is 13.2. The number of aliphatic hydroxyl groups excluding tert-OH is 1. The molecule has 4 nitrogen and oxygen atoms in total. The van der Waals surface area contributed by atoms with Crippen molar-refractivity contribution in [3.8, 4) is 0 Å². The zero-order valence-electron chi connectivity index (χ0n) is 10.0. The molecule has 6 heteroatoms. The average molecular weight is 258 g/mol. The Morgan fingerprint density at radius 2 is 2.11 bits per heavy atom. The Labute approximate surface area is 104 Å². The Balaban J connectivity index is 2.39. The highest BCUT2D eigenvalue weighted by molar-refractivity contribution is 5.94. The number of carbonyl (C=O) groups is 1. The van der Waals surface area contributed by atoms with Crippen LogP contribution in [0.1, 0.15) is 17.3 Å². The summed E-state index contributed by atoms with van der Waals surface area (Å²) in [5.41, 5.74) is -0.314. The van der Waals surface area contributed by atoms with E-state index in [4.69, 9.17) is 5.11 Å². The monoisotopic (exact) mass is 258 g/mol. The number of benzene rings is 1. The molecule has 0 radical (unpaired) electrons. The van der Waals surface area contributed by atoms with Gasteiger partial charge in [0, 0.05) is 19.6 Å². The predicted octanol–water partition coefficient (Wildman–Crippen LogP) is 0.665. The molecule has 0 saturated heterocycles. The normalized spacial score (nSPS) is 12.2. The van der Waals surface area contributed by atoms with Gasteiger partial charge < -0.3 is 15.7 Å². The summed E-state index contributed by atoms with van der Waals surface area (Å²) in [6, 6.07) is 3.45. The lowest BCUT2D eigenvalue weighted by atomic mass is 10.2. The Morgan fingerprint density at radius 1 is 1.39 bits per heavy atom. The van der Waals surface area contributed by atoms with Crippen LogP contribution < -0.4 is 10.6 Å². The first kappa shape index (κ1) is 14.5. The van der Waals surface area contributed by atoms with Gasteiger partial charge in [-0.25, -0.2) is 8.78 Å². The molecule has 0 aliphatic carbocycles. The van der Waals surface area contributed by atoms with Gasteiger partial charge in [-0.3, -0.25) is 4.79 Å². The maximum Gasteiger partial charge on any atom is 0.254 e. The van der Waals surface area contributed by atoms with Gasteiger partial charge in [0.05, 0.1) is 11.7 Å². The van der Waals surface area contributed by atoms with Crippen LogP contribution in [0.2, 0.25) is 0 Å². The fourth-order valence-electron chi connectivity index (χ4n) is 1.35. The van der Waals surface area contributed by atoms with E-state index in [1.807, 2.05) is 0 Å². The lowest BCUT2D eigenvalue weighted by Gasteiger charge is -2.08. The Hall–Kier alpha value is -1.53. The van der Waals surface area contributed by atoms with Crippen LogP contribution in [0.3, 0.4) is 0 Å². The Kier molecular flexibility index (Phi) is 5.67. The highest BCUT2D eigenvalue weighted by atomic mass is 19.2. The highest BCUT2D eigenvalue weighted by Crippen LogP contribution is 2.10. The molecule has 0 aliphatic heterocycles. The molecule has 0 saturated carbocycles. The molecule has 0 heterocycles. The number of halogens is 2. The van der Waals surface area contributed by atoms with Crippen LogP contribution in [0.25, 0.3) is 0 Å². The molecule has 0 aliphatic rings. The van der Waals surface area contributed by atoms with E-state index in [1.54, 1.807) is 6.92 Å². The van der Waals surface area contributed by atoms with Crippen molar-refractivity contribution in [2.45, 2.75) is 13.0 Å². The molecular formula is C12H16F2N2O2. The average Bonchev–Trinajstić information content (AvgIpc) is 2.31. The summed E-state index contributed by atoms with van der Waals surface area (Å²) in [4.78, 5) is 11.5. The number of rotatable bonds is 6. The smallest absolute Gasteiger partial charge is 0.254 e. The second kappa shape index (κ2) is 7.03. The van der Waals surface area contributed by atoms with Gasteiger partial charge in [-0.1, -0.05) is 6.07 Å². The van der Waals surface area contributed by atoms with Gasteiger partial charge in [-0.05, 0) is 19.1 Å². The van der Waals surface area contributed by atoms with Gasteiger partial charge >= 0.3 is 0 Å². The van der Waals surface area contributed by atoms with Crippen molar-refractivity contribution in [1.29, 1.82) is 0 Å². The predicted molar refractivity (Wildman–Crippen MR) is 63.2 cm³/mol. The number of aliphatic hydroxyl groups is 1. The lowest BCUT2D eigenvalue weighted by molar-refractivity contribution is 0.0948. The standard InChI is InChI=1S/C12H16F2N2O2/c1-8(17)7-15-5-6-16-12(18)9-3-2-4-10(13)11(9)14/h2-4,8,15,17H,5-7H2,1H3,(H,16,18). The molecule has 1 aromatic carbocycles. The SMILES string of the molecule is CC(O)CNCCNC(=O)c1cccc(F)c1F. The summed E-state index contributed by atoms with van der Waals surface area (Å²) >= 11 is 0. The summed E-state index contributed by atoms with van der Waals surface area (Å²) < 4.78 is 26.1. The van der Waals surface area contributed by atoms with Crippen molar-refractivity contribution < 1.29 is 18.7 Å². The van der Waals surface area contributed by atoms with Gasteiger partial charge in [0.15, 0.2) is 11.6 Å². The van der Waals surface area contributed by atoms with E-state index < -0.39 is 23.6 Å². The molecule has 0 bridgehead atoms. The van der Waals surface area contributed by atoms with E-state index in [9.17, 15) is 13.6 Å². The first-order valence-corrected chi connectivity index (χ1v) is 5.63. The van der Waals surface area contributed by atoms with Crippen molar-refractivity contribution in [2.24, 2.45) is 0 Å². The summed E-state index contributed by atoms with van der Waals surface area (Å²) in [7, 11) is 0. The minimum Gasteiger partial charge on any atom is -0.392 e. The Bertz CT molecular complexity index is 411. The molecule has 0 fully saturated rings. The molecule has 18 heavy (non-hydrogen) atoms. The van der Waals surface area contributed by atoms with Gasteiger partial charge in [-0.15, -0.1) is 0 Å². The zero-order valence-corrected chi connectivity index (χ0v) is 10.0. The molecular weight excluding hydrogens is 242 g/mol. The van der Waals surface area contributed by atoms with Crippen LogP contribution in [0.15, 0.2) is 18.2 Å². The van der Waals surface area contributed by atoms with E-state index in [-0.39, 0.29) is 12.1 Å². The van der Waals surface area contributed by atoms with Gasteiger partial charge in [0.1, 0.15) is 0 Å². The van der Waals surface area contributed by atoms with E-state index in [2.05, 4.69) is 10.6 Å². The molecule has 1 aromatic rings. The zero-order chi connectivity index (χ0) is 13.5. The summed E-state index contributed by atoms with van der Waals surface area (Å²) in [6.07, 6.45) is -0.471. The third kappa shape index (κ3) is 4.38. The van der Waals surface area contributed by atoms with Gasteiger partial charge in [0.2, 0.25) is 0 Å². The third-order valence-corrected chi connectivity index (χ3v) is 2.22. The van der Waals surface area contributed by atoms with Gasteiger partial charge in [-0.2, -0.15) is 0 Å². The largest absolute Gasteiger partial charge is 0.392 e. The molecule has 1 rings (SSSR count). The van der Waals surface area contributed by atoms with Crippen LogP contribution in [0.4, 0.5) is 8.78 Å². The fraction of sp³-hybridized carbons (Fsp3) is 0.417. The van der Waals surface area contributed by atoms with Gasteiger partial charge in [0.25, 0.3) is 5.91 Å². The Morgan fingerprint density at radius 3 is 2.78 bits per heavy atom. The second-order valence-electron chi connectivity index (χ2n) is 3.91. The quantitative estimate of drug-likeness (QED) is 0.657. The van der Waals surface area contributed by atoms with Crippen LogP contribution in [0.5, 0.6) is 0 Å². The second-order valence-corrected chi connectivity index (χ2v) is 3.91. The molecule has 3 N–H and O–H groups in total. The summed E-state index contributed by atoms with van der Waals surface area (Å²) in [6.45, 7) is 2.74. The van der Waals surface area contributed by atoms with Crippen molar-refractivity contribution >= 4 is 5.91 Å². The number of nitrogens with one attached hydrogen (secondary N) is 2. The number of carbonyl (C=O) groups excluding carboxylic acids is 1. The first-order chi connectivity index (χ1) is 8.52. The molecule has 100 valence electrons. The molecule has 0 aromatic heterocycles. The number of amides is 1. The third-order valence-electron chi connectivity index (χ3n) is 2.22. The summed E-state index contributed by atoms with van der Waals surface area (Å²) in [5.74, 6) is -2.85. The number of hydrogen-bond acceptors (Lipinski definition) is 3. The van der Waals surface area contributed by atoms with E-state index >= 15 is 0 Å². The van der Waals surface area contributed by atoms with E-state index in [0.717, 1.165) is 6.07 Å². The van der Waals surface area contributed by atoms with Crippen LogP contribution in [0, 0.1) is 11.6 Å². The molecule has 1 unspecified atom stereocenters. The molecule has 0 spiro atoms. The van der Waals surface area contributed by atoms with Crippen LogP contribution in [-0.4, -0.2) is 36.8 Å². The van der Waals surface area contributed by atoms with Crippen LogP contribution in [-0.2, 0) is 0 Å². The van der Waals surface area contributed by atoms with Crippen molar-refractivity contribution in [1.82, 2.24) is 10.6 Å². The van der Waals surface area contributed by atoms with E-state index in [1.165, 1.54) is 12.1 Å². The number of hydrogen-bond donors (Lipinski definition) is 3. The first-order valence-electron chi connectivity index (χ1n) is 5.63. The molecule has 1 atom stereocenters. The highest BCUT2D eigenvalue weighted by Gasteiger charge is 2.14. The van der Waals surface area contributed by atoms with E-state index in [0.29, 0.717) is 13.1 Å².